The second kappa shape index (κ2) is 9.31. The highest BCUT2D eigenvalue weighted by Crippen LogP contribution is 2.33. The fourth-order valence-electron chi connectivity index (χ4n) is 3.12. The molecule has 0 N–H and O–H groups in total. The van der Waals surface area contributed by atoms with Gasteiger partial charge in [0.1, 0.15) is 23.3 Å². The lowest BCUT2D eigenvalue weighted by molar-refractivity contribution is -0.0696. The first-order chi connectivity index (χ1) is 15.1. The first-order valence-corrected chi connectivity index (χ1v) is 9.37. The summed E-state index contributed by atoms with van der Waals surface area (Å²) in [5.74, 6) is -2.97. The van der Waals surface area contributed by atoms with Crippen LogP contribution in [0.5, 0.6) is 0 Å². The SMILES string of the molecule is C=CCCc1ccc(-c2cc(F)c(-c3cc(F)c(C#CC(F)(F)F)c(F)c3)c(F)c2)cc1. The van der Waals surface area contributed by atoms with E-state index >= 15 is 0 Å². The predicted molar refractivity (Wildman–Crippen MR) is 109 cm³/mol. The van der Waals surface area contributed by atoms with E-state index in [-0.39, 0.29) is 5.56 Å². The van der Waals surface area contributed by atoms with Crippen molar-refractivity contribution >= 4 is 0 Å². The van der Waals surface area contributed by atoms with Crippen molar-refractivity contribution in [3.63, 3.8) is 0 Å². The second-order valence-corrected chi connectivity index (χ2v) is 6.90. The van der Waals surface area contributed by atoms with Crippen LogP contribution in [0.2, 0.25) is 0 Å². The number of halogens is 7. The zero-order valence-electron chi connectivity index (χ0n) is 16.5. The summed E-state index contributed by atoms with van der Waals surface area (Å²) in [6.45, 7) is 3.65. The van der Waals surface area contributed by atoms with Crippen molar-refractivity contribution in [2.75, 3.05) is 0 Å². The summed E-state index contributed by atoms with van der Waals surface area (Å²) in [6, 6.07) is 10.1. The van der Waals surface area contributed by atoms with Crippen LogP contribution >= 0.6 is 0 Å². The lowest BCUT2D eigenvalue weighted by Gasteiger charge is -2.11. The normalized spacial score (nSPS) is 11.1. The van der Waals surface area contributed by atoms with E-state index in [1.807, 2.05) is 12.1 Å². The molecule has 0 fully saturated rings. The molecule has 0 amide bonds. The molecule has 0 heterocycles. The molecule has 3 rings (SSSR count). The Morgan fingerprint density at radius 3 is 1.78 bits per heavy atom. The molecule has 0 unspecified atom stereocenters. The van der Waals surface area contributed by atoms with Crippen molar-refractivity contribution in [1.82, 2.24) is 0 Å². The van der Waals surface area contributed by atoms with E-state index < -0.39 is 46.1 Å². The van der Waals surface area contributed by atoms with Gasteiger partial charge in [-0.15, -0.1) is 6.58 Å². The molecule has 0 aliphatic rings. The van der Waals surface area contributed by atoms with Crippen molar-refractivity contribution < 1.29 is 30.7 Å². The van der Waals surface area contributed by atoms with E-state index in [9.17, 15) is 30.7 Å². The van der Waals surface area contributed by atoms with E-state index in [0.29, 0.717) is 17.7 Å². The Hall–Kier alpha value is -3.53. The van der Waals surface area contributed by atoms with Crippen molar-refractivity contribution in [1.29, 1.82) is 0 Å². The number of hydrogen-bond donors (Lipinski definition) is 0. The van der Waals surface area contributed by atoms with Gasteiger partial charge in [-0.2, -0.15) is 13.2 Å². The van der Waals surface area contributed by atoms with Gasteiger partial charge in [0.15, 0.2) is 0 Å². The highest BCUT2D eigenvalue weighted by atomic mass is 19.4. The molecule has 3 aromatic carbocycles. The van der Waals surface area contributed by atoms with Crippen molar-refractivity contribution in [2.24, 2.45) is 0 Å². The molecule has 0 nitrogen and oxygen atoms in total. The summed E-state index contributed by atoms with van der Waals surface area (Å²) in [6.07, 6.45) is -1.62. The number of benzene rings is 3. The number of aryl methyl sites for hydroxylation is 1. The molecule has 0 saturated carbocycles. The number of hydrogen-bond acceptors (Lipinski definition) is 0. The Bertz CT molecular complexity index is 1160. The molecule has 0 bridgehead atoms. The Balaban J connectivity index is 1.98. The Kier molecular flexibility index (Phi) is 6.73. The summed E-state index contributed by atoms with van der Waals surface area (Å²) in [5.41, 5.74) is -0.575. The highest BCUT2D eigenvalue weighted by Gasteiger charge is 2.24. The Morgan fingerprint density at radius 1 is 0.750 bits per heavy atom. The first kappa shape index (κ1) is 23.1. The van der Waals surface area contributed by atoms with Gasteiger partial charge in [0.25, 0.3) is 0 Å². The minimum Gasteiger partial charge on any atom is -0.206 e. The van der Waals surface area contributed by atoms with Crippen LogP contribution in [0, 0.1) is 35.1 Å². The van der Waals surface area contributed by atoms with Crippen molar-refractivity contribution in [3.05, 3.63) is 95.6 Å². The fraction of sp³-hybridized carbons (Fsp3) is 0.120. The molecule has 7 heteroatoms. The molecule has 164 valence electrons. The molecule has 0 aliphatic heterocycles. The van der Waals surface area contributed by atoms with Gasteiger partial charge in [-0.05, 0) is 59.4 Å². The topological polar surface area (TPSA) is 0 Å². The predicted octanol–water partition coefficient (Wildman–Crippen LogP) is 7.61. The van der Waals surface area contributed by atoms with Crippen LogP contribution in [0.3, 0.4) is 0 Å². The third kappa shape index (κ3) is 5.38. The zero-order chi connectivity index (χ0) is 23.5. The molecule has 0 spiro atoms. The van der Waals surface area contributed by atoms with Crippen LogP contribution in [0.4, 0.5) is 30.7 Å². The van der Waals surface area contributed by atoms with Gasteiger partial charge in [-0.1, -0.05) is 36.3 Å². The third-order valence-corrected chi connectivity index (χ3v) is 4.63. The molecular formula is C25H15F7. The van der Waals surface area contributed by atoms with E-state index in [0.717, 1.165) is 36.5 Å². The highest BCUT2D eigenvalue weighted by molar-refractivity contribution is 5.72. The van der Waals surface area contributed by atoms with Gasteiger partial charge in [0.2, 0.25) is 0 Å². The lowest BCUT2D eigenvalue weighted by atomic mass is 9.97. The minimum atomic E-state index is -4.95. The smallest absolute Gasteiger partial charge is 0.206 e. The minimum absolute atomic E-state index is 0.215. The van der Waals surface area contributed by atoms with E-state index in [1.165, 1.54) is 5.92 Å². The Labute approximate surface area is 180 Å². The molecule has 3 aromatic rings. The van der Waals surface area contributed by atoms with Gasteiger partial charge in [-0.25, -0.2) is 17.6 Å². The van der Waals surface area contributed by atoms with Crippen molar-refractivity contribution in [3.8, 4) is 34.1 Å². The van der Waals surface area contributed by atoms with Gasteiger partial charge < -0.3 is 0 Å². The first-order valence-electron chi connectivity index (χ1n) is 9.37. The third-order valence-electron chi connectivity index (χ3n) is 4.63. The molecule has 0 aliphatic carbocycles. The standard InChI is InChI=1S/C25H15F7/c1-2-3-4-15-5-7-16(8-6-15)17-11-22(28)24(23(29)12-17)18-13-20(26)19(21(27)14-18)9-10-25(30,31)32/h2,5-8,11-14H,1,3-4H2. The molecular weight excluding hydrogens is 433 g/mol. The monoisotopic (exact) mass is 448 g/mol. The molecule has 0 atom stereocenters. The molecule has 0 aromatic heterocycles. The molecule has 0 saturated heterocycles. The summed E-state index contributed by atoms with van der Waals surface area (Å²) in [4.78, 5) is 0. The van der Waals surface area contributed by atoms with Crippen LogP contribution in [0.1, 0.15) is 17.5 Å². The van der Waals surface area contributed by atoms with Crippen LogP contribution in [-0.4, -0.2) is 6.18 Å². The van der Waals surface area contributed by atoms with E-state index in [4.69, 9.17) is 0 Å². The van der Waals surface area contributed by atoms with Crippen LogP contribution in [0.25, 0.3) is 22.3 Å². The number of allylic oxidation sites excluding steroid dienone is 1. The average Bonchev–Trinajstić information content (AvgIpc) is 2.70. The van der Waals surface area contributed by atoms with Crippen LogP contribution in [0.15, 0.2) is 61.2 Å². The largest absolute Gasteiger partial charge is 0.458 e. The number of rotatable bonds is 5. The quantitative estimate of drug-likeness (QED) is 0.214. The maximum atomic E-state index is 14.7. The fourth-order valence-corrected chi connectivity index (χ4v) is 3.12. The second-order valence-electron chi connectivity index (χ2n) is 6.90. The summed E-state index contributed by atoms with van der Waals surface area (Å²) in [7, 11) is 0. The molecule has 32 heavy (non-hydrogen) atoms. The number of alkyl halides is 3. The maximum absolute atomic E-state index is 14.7. The van der Waals surface area contributed by atoms with Gasteiger partial charge in [0.05, 0.1) is 11.1 Å². The van der Waals surface area contributed by atoms with E-state index in [2.05, 4.69) is 6.58 Å². The van der Waals surface area contributed by atoms with Gasteiger partial charge in [0, 0.05) is 5.92 Å². The molecule has 0 radical (unpaired) electrons. The maximum Gasteiger partial charge on any atom is 0.458 e. The average molecular weight is 448 g/mol. The van der Waals surface area contributed by atoms with Crippen LogP contribution in [-0.2, 0) is 6.42 Å². The summed E-state index contributed by atoms with van der Waals surface area (Å²) in [5, 5.41) is 0. The Morgan fingerprint density at radius 2 is 1.28 bits per heavy atom. The lowest BCUT2D eigenvalue weighted by Crippen LogP contribution is -2.03. The van der Waals surface area contributed by atoms with Gasteiger partial charge in [-0.3, -0.25) is 0 Å². The van der Waals surface area contributed by atoms with Crippen LogP contribution < -0.4 is 0 Å². The summed E-state index contributed by atoms with van der Waals surface area (Å²) < 4.78 is 94.3. The van der Waals surface area contributed by atoms with E-state index in [1.54, 1.807) is 18.2 Å². The zero-order valence-corrected chi connectivity index (χ0v) is 16.5. The summed E-state index contributed by atoms with van der Waals surface area (Å²) >= 11 is 0. The van der Waals surface area contributed by atoms with Gasteiger partial charge >= 0.3 is 6.18 Å². The van der Waals surface area contributed by atoms with Crippen molar-refractivity contribution in [2.45, 2.75) is 19.0 Å².